The van der Waals surface area contributed by atoms with E-state index in [0.717, 1.165) is 36.6 Å². The minimum Gasteiger partial charge on any atom is -0.490 e. The molecule has 3 N–H and O–H groups in total. The van der Waals surface area contributed by atoms with Crippen LogP contribution in [-0.4, -0.2) is 56.4 Å². The molecule has 3 aromatic carbocycles. The predicted molar refractivity (Wildman–Crippen MR) is 175 cm³/mol. The molecule has 0 bridgehead atoms. The number of carbonyl (C=O) groups is 1. The number of pyridine rings is 2. The van der Waals surface area contributed by atoms with Gasteiger partial charge in [0.15, 0.2) is 0 Å². The van der Waals surface area contributed by atoms with E-state index in [9.17, 15) is 14.3 Å². The third-order valence-electron chi connectivity index (χ3n) is 9.25. The number of fused-ring (bicyclic) bond motifs is 3. The molecule has 1 unspecified atom stereocenters. The Morgan fingerprint density at radius 2 is 1.84 bits per heavy atom. The maximum absolute atomic E-state index is 15.1. The van der Waals surface area contributed by atoms with Crippen molar-refractivity contribution in [1.82, 2.24) is 25.3 Å². The van der Waals surface area contributed by atoms with Gasteiger partial charge in [0.25, 0.3) is 5.91 Å². The number of halogens is 4. The topological polar surface area (TPSA) is 122 Å². The summed E-state index contributed by atoms with van der Waals surface area (Å²) in [5.41, 5.74) is -3.11. The highest BCUT2D eigenvalue weighted by Gasteiger charge is 2.57. The molecule has 1 fully saturated rings. The molecule has 1 saturated carbocycles. The summed E-state index contributed by atoms with van der Waals surface area (Å²) >= 11 is 0. The number of hydrogen-bond acceptors (Lipinski definition) is 7. The first-order valence-corrected chi connectivity index (χ1v) is 16.0. The molecule has 6 aromatic rings. The number of H-pyrrole nitrogens is 1. The molecule has 3 aromatic heterocycles. The predicted octanol–water partition coefficient (Wildman–Crippen LogP) is 6.73. The second-order valence-corrected chi connectivity index (χ2v) is 12.9. The number of alkyl halides is 3. The average molecular weight is 684 g/mol. The fourth-order valence-corrected chi connectivity index (χ4v) is 6.20. The van der Waals surface area contributed by atoms with Gasteiger partial charge in [0.1, 0.15) is 41.0 Å². The van der Waals surface area contributed by atoms with Crippen LogP contribution in [0.2, 0.25) is 0 Å². The lowest BCUT2D eigenvalue weighted by Gasteiger charge is -2.31. The fraction of sp³-hybridized carbons (Fsp3) is 0.243. The molecular weight excluding hydrogens is 654 g/mol. The van der Waals surface area contributed by atoms with Gasteiger partial charge in [-0.2, -0.15) is 13.2 Å². The van der Waals surface area contributed by atoms with E-state index >= 15 is 13.2 Å². The van der Waals surface area contributed by atoms with Crippen molar-refractivity contribution in [3.05, 3.63) is 114 Å². The Hall–Kier alpha value is -5.56. The van der Waals surface area contributed by atoms with Gasteiger partial charge in [-0.1, -0.05) is 18.2 Å². The van der Waals surface area contributed by atoms with Crippen molar-refractivity contribution in [3.8, 4) is 22.8 Å². The summed E-state index contributed by atoms with van der Waals surface area (Å²) in [6.07, 6.45) is -2.05. The van der Waals surface area contributed by atoms with Crippen LogP contribution >= 0.6 is 0 Å². The number of aromatic amines is 1. The number of hydrogen-bond donors (Lipinski definition) is 3. The molecule has 1 aliphatic carbocycles. The van der Waals surface area contributed by atoms with Crippen molar-refractivity contribution in [1.29, 1.82) is 0 Å². The molecule has 2 atom stereocenters. The van der Waals surface area contributed by atoms with E-state index in [1.807, 2.05) is 18.2 Å². The highest BCUT2D eigenvalue weighted by atomic mass is 19.4. The molecule has 9 nitrogen and oxygen atoms in total. The van der Waals surface area contributed by atoms with Gasteiger partial charge in [0, 0.05) is 28.3 Å². The first kappa shape index (κ1) is 31.7. The van der Waals surface area contributed by atoms with Gasteiger partial charge in [-0.15, -0.1) is 0 Å². The largest absolute Gasteiger partial charge is 0.490 e. The van der Waals surface area contributed by atoms with E-state index in [1.165, 1.54) is 24.3 Å². The Morgan fingerprint density at radius 3 is 2.58 bits per heavy atom. The van der Waals surface area contributed by atoms with Crippen LogP contribution in [0.5, 0.6) is 11.5 Å². The third-order valence-corrected chi connectivity index (χ3v) is 9.25. The van der Waals surface area contributed by atoms with E-state index in [-0.39, 0.29) is 40.8 Å². The second-order valence-electron chi connectivity index (χ2n) is 12.9. The van der Waals surface area contributed by atoms with Crippen LogP contribution in [0.15, 0.2) is 85.1 Å². The molecule has 8 rings (SSSR count). The Kier molecular flexibility index (Phi) is 7.30. The second kappa shape index (κ2) is 11.5. The summed E-state index contributed by atoms with van der Waals surface area (Å²) in [6.45, 7) is 0.486. The number of benzene rings is 3. The number of imidazole rings is 1. The fourth-order valence-electron chi connectivity index (χ4n) is 6.20. The number of rotatable bonds is 8. The van der Waals surface area contributed by atoms with Crippen LogP contribution in [-0.2, 0) is 11.0 Å². The number of carbonyl (C=O) groups excluding carboxylic acids is 1. The van der Waals surface area contributed by atoms with Crippen LogP contribution < -0.4 is 14.8 Å². The molecule has 4 heterocycles. The molecule has 50 heavy (non-hydrogen) atoms. The first-order valence-electron chi connectivity index (χ1n) is 16.0. The summed E-state index contributed by atoms with van der Waals surface area (Å²) < 4.78 is 71.3. The van der Waals surface area contributed by atoms with E-state index in [4.69, 9.17) is 14.5 Å². The van der Waals surface area contributed by atoms with Crippen LogP contribution in [0, 0.1) is 5.82 Å². The third kappa shape index (κ3) is 5.38. The number of amides is 1. The Bertz CT molecular complexity index is 2260. The summed E-state index contributed by atoms with van der Waals surface area (Å²) in [4.78, 5) is 30.1. The number of nitrogens with one attached hydrogen (secondary N) is 2. The van der Waals surface area contributed by atoms with Crippen molar-refractivity contribution >= 4 is 27.8 Å². The average Bonchev–Trinajstić information content (AvgIpc) is 3.70. The van der Waals surface area contributed by atoms with Gasteiger partial charge in [-0.3, -0.25) is 9.78 Å². The van der Waals surface area contributed by atoms with Crippen molar-refractivity contribution < 1.29 is 36.9 Å². The summed E-state index contributed by atoms with van der Waals surface area (Å²) in [6, 6.07) is 19.8. The number of nitrogens with zero attached hydrogens (tertiary/aromatic N) is 3. The minimum atomic E-state index is -5.30. The lowest BCUT2D eigenvalue weighted by Crippen LogP contribution is -2.51. The van der Waals surface area contributed by atoms with E-state index in [1.54, 1.807) is 31.3 Å². The molecule has 254 valence electrons. The quantitative estimate of drug-likeness (QED) is 0.152. The van der Waals surface area contributed by atoms with E-state index < -0.39 is 41.2 Å². The molecular formula is C37H29F4N5O4. The maximum atomic E-state index is 15.1. The lowest BCUT2D eigenvalue weighted by atomic mass is 9.81. The molecule has 1 aliphatic heterocycles. The number of para-hydroxylation sites is 2. The van der Waals surface area contributed by atoms with Crippen molar-refractivity contribution in [3.63, 3.8) is 0 Å². The summed E-state index contributed by atoms with van der Waals surface area (Å²) in [7, 11) is 0. The Labute approximate surface area is 282 Å². The highest BCUT2D eigenvalue weighted by Crippen LogP contribution is 2.49. The molecule has 13 heteroatoms. The van der Waals surface area contributed by atoms with Crippen molar-refractivity contribution in [2.75, 3.05) is 13.2 Å². The van der Waals surface area contributed by atoms with Crippen LogP contribution in [0.4, 0.5) is 17.6 Å². The van der Waals surface area contributed by atoms with E-state index in [0.29, 0.717) is 28.0 Å². The zero-order chi connectivity index (χ0) is 34.8. The minimum absolute atomic E-state index is 0.00918. The van der Waals surface area contributed by atoms with Crippen LogP contribution in [0.1, 0.15) is 47.2 Å². The Morgan fingerprint density at radius 1 is 1.06 bits per heavy atom. The molecule has 0 spiro atoms. The van der Waals surface area contributed by atoms with Gasteiger partial charge in [-0.25, -0.2) is 14.4 Å². The number of aliphatic hydroxyl groups is 1. The maximum Gasteiger partial charge on any atom is 0.424 e. The smallest absolute Gasteiger partial charge is 0.424 e. The van der Waals surface area contributed by atoms with Gasteiger partial charge in [0.05, 0.1) is 34.8 Å². The first-order chi connectivity index (χ1) is 23.9. The molecule has 2 aliphatic rings. The van der Waals surface area contributed by atoms with Gasteiger partial charge in [0.2, 0.25) is 5.60 Å². The lowest BCUT2D eigenvalue weighted by molar-refractivity contribution is -0.265. The normalized spacial score (nSPS) is 18.4. The number of ether oxygens (including phenoxy) is 2. The monoisotopic (exact) mass is 683 g/mol. The number of aromatic nitrogens is 4. The molecule has 1 amide bonds. The van der Waals surface area contributed by atoms with Gasteiger partial charge in [-0.05, 0) is 80.4 Å². The SMILES string of the molecule is C[C@]1(c2nc3ccccc3[nH]2)COc2c1cc(C(O)(CNC(=O)c1cc(OC3CC3)c3ncccc3c1)C(F)(F)F)nc2-c1ccc(F)cc1. The van der Waals surface area contributed by atoms with Crippen molar-refractivity contribution in [2.45, 2.75) is 43.1 Å². The standard InChI is InChI=1S/C37H29F4N5O4/c1-35(34-44-26-6-2-3-7-27(26)45-34)19-49-32-25(35)17-29(46-31(32)20-8-10-23(38)11-9-20)36(48,37(39,40)41)18-43-33(47)22-15-21-5-4-14-42-30(21)28(16-22)50-24-12-13-24/h2-11,14-17,24,48H,12-13,18-19H2,1H3,(H,43,47)(H,44,45)/t35-,36?/m0/s1. The van der Waals surface area contributed by atoms with E-state index in [2.05, 4.69) is 20.3 Å². The Balaban J connectivity index is 1.21. The summed E-state index contributed by atoms with van der Waals surface area (Å²) in [5.74, 6) is -0.479. The zero-order valence-corrected chi connectivity index (χ0v) is 26.5. The van der Waals surface area contributed by atoms with Gasteiger partial charge < -0.3 is 24.9 Å². The van der Waals surface area contributed by atoms with Crippen molar-refractivity contribution in [2.24, 2.45) is 0 Å². The molecule has 0 radical (unpaired) electrons. The highest BCUT2D eigenvalue weighted by molar-refractivity contribution is 6.00. The van der Waals surface area contributed by atoms with Crippen LogP contribution in [0.25, 0.3) is 33.2 Å². The van der Waals surface area contributed by atoms with Gasteiger partial charge >= 0.3 is 6.18 Å². The molecule has 0 saturated heterocycles. The van der Waals surface area contributed by atoms with Crippen LogP contribution in [0.3, 0.4) is 0 Å². The summed E-state index contributed by atoms with van der Waals surface area (Å²) in [5, 5.41) is 14.5. The zero-order valence-electron chi connectivity index (χ0n) is 26.5.